The highest BCUT2D eigenvalue weighted by Gasteiger charge is 2.55. The van der Waals surface area contributed by atoms with Crippen LogP contribution in [0.2, 0.25) is 0 Å². The molecule has 0 bridgehead atoms. The van der Waals surface area contributed by atoms with Crippen molar-refractivity contribution in [1.82, 2.24) is 25.0 Å². The number of rotatable bonds is 14. The van der Waals surface area contributed by atoms with Crippen LogP contribution in [-0.2, 0) is 19.8 Å². The highest BCUT2D eigenvalue weighted by Crippen LogP contribution is 2.44. The zero-order chi connectivity index (χ0) is 33.9. The fourth-order valence-electron chi connectivity index (χ4n) is 6.53. The molecule has 1 N–H and O–H groups in total. The van der Waals surface area contributed by atoms with Crippen LogP contribution in [-0.4, -0.2) is 77.5 Å². The number of nitrogens with one attached hydrogen (secondary N) is 1. The van der Waals surface area contributed by atoms with Gasteiger partial charge in [-0.3, -0.25) is 4.79 Å². The monoisotopic (exact) mass is 643 g/mol. The van der Waals surface area contributed by atoms with Crippen molar-refractivity contribution >= 4 is 29.4 Å². The summed E-state index contributed by atoms with van der Waals surface area (Å²) in [5.41, 5.74) is 1.50. The van der Waals surface area contributed by atoms with Crippen LogP contribution in [0.3, 0.4) is 0 Å². The Labute approximate surface area is 277 Å². The molecule has 3 aromatic rings. The van der Waals surface area contributed by atoms with Crippen molar-refractivity contribution in [3.63, 3.8) is 0 Å². The van der Waals surface area contributed by atoms with Crippen molar-refractivity contribution in [2.45, 2.75) is 83.3 Å². The molecule has 0 aliphatic heterocycles. The third-order valence-corrected chi connectivity index (χ3v) is 9.54. The van der Waals surface area contributed by atoms with E-state index in [0.717, 1.165) is 60.5 Å². The summed E-state index contributed by atoms with van der Waals surface area (Å²) in [6.45, 7) is 9.33. The number of hydrogen-bond donors (Lipinski definition) is 1. The van der Waals surface area contributed by atoms with Crippen molar-refractivity contribution < 1.29 is 23.9 Å². The van der Waals surface area contributed by atoms with Crippen LogP contribution in [0.5, 0.6) is 11.5 Å². The maximum Gasteiger partial charge on any atom is 0.224 e. The minimum absolute atomic E-state index is 0.0242. The van der Waals surface area contributed by atoms with Crippen LogP contribution < -0.4 is 14.8 Å². The maximum absolute atomic E-state index is 13.6. The van der Waals surface area contributed by atoms with E-state index in [9.17, 15) is 14.4 Å². The number of fused-ring (bicyclic) bond motifs is 1. The topological polar surface area (TPSA) is 116 Å². The number of methoxy groups -OCH3 is 1. The number of aromatic nitrogens is 3. The van der Waals surface area contributed by atoms with Crippen LogP contribution in [0.1, 0.15) is 70.6 Å². The normalized spacial score (nSPS) is 24.2. The van der Waals surface area contributed by atoms with Gasteiger partial charge in [-0.1, -0.05) is 32.9 Å². The zero-order valence-electron chi connectivity index (χ0n) is 28.8. The summed E-state index contributed by atoms with van der Waals surface area (Å²) in [4.78, 5) is 45.0. The molecule has 1 amide bonds. The van der Waals surface area contributed by atoms with Crippen LogP contribution >= 0.6 is 0 Å². The third kappa shape index (κ3) is 7.59. The molecule has 0 radical (unpaired) electrons. The fraction of sp³-hybridized carbons (Fsp3) is 0.541. The van der Waals surface area contributed by atoms with E-state index in [1.54, 1.807) is 11.8 Å². The summed E-state index contributed by atoms with van der Waals surface area (Å²) >= 11 is 0. The number of amides is 1. The van der Waals surface area contributed by atoms with Crippen LogP contribution in [0.4, 0.5) is 0 Å². The molecule has 1 aromatic carbocycles. The number of hydrogen-bond acceptors (Lipinski definition) is 8. The Bertz CT molecular complexity index is 1640. The predicted octanol–water partition coefficient (Wildman–Crippen LogP) is 5.37. The summed E-state index contributed by atoms with van der Waals surface area (Å²) in [5, 5.41) is 8.60. The van der Waals surface area contributed by atoms with Crippen molar-refractivity contribution in [3.8, 4) is 17.3 Å². The number of carbonyl (C=O) groups is 3. The first-order chi connectivity index (χ1) is 22.4. The van der Waals surface area contributed by atoms with Crippen molar-refractivity contribution in [3.05, 3.63) is 53.9 Å². The van der Waals surface area contributed by atoms with E-state index in [-0.39, 0.29) is 23.3 Å². The Morgan fingerprint density at radius 2 is 1.94 bits per heavy atom. The van der Waals surface area contributed by atoms with E-state index in [4.69, 9.17) is 19.6 Å². The number of aldehydes is 2. The summed E-state index contributed by atoms with van der Waals surface area (Å²) in [7, 11) is 5.76. The van der Waals surface area contributed by atoms with E-state index >= 15 is 0 Å². The molecule has 2 aliphatic rings. The fourth-order valence-corrected chi connectivity index (χ4v) is 6.53. The minimum Gasteiger partial charge on any atom is -0.496 e. The van der Waals surface area contributed by atoms with Crippen molar-refractivity contribution in [2.24, 2.45) is 17.8 Å². The Morgan fingerprint density at radius 3 is 2.60 bits per heavy atom. The largest absolute Gasteiger partial charge is 0.496 e. The van der Waals surface area contributed by atoms with Gasteiger partial charge >= 0.3 is 0 Å². The average molecular weight is 644 g/mol. The number of aryl methyl sites for hydroxylation is 1. The Morgan fingerprint density at radius 1 is 1.15 bits per heavy atom. The van der Waals surface area contributed by atoms with E-state index in [2.05, 4.69) is 57.2 Å². The van der Waals surface area contributed by atoms with Gasteiger partial charge in [0.05, 0.1) is 24.2 Å². The molecule has 10 nitrogen and oxygen atoms in total. The van der Waals surface area contributed by atoms with Gasteiger partial charge in [-0.05, 0) is 84.3 Å². The van der Waals surface area contributed by atoms with Gasteiger partial charge < -0.3 is 29.3 Å². The standard InChI is InChI=1S/C37H49N5O5/c1-24-30(46-7)14-13-28-31(20-33(38-34(24)28)42-17-15-32(40-42)36(2,3)4)47-27-18-25(22-43)29(19-27)35(45)39-37(23-44)21-26(37)12-10-8-9-11-16-41(5)6/h10,12-15,17,20,22-23,25-27,29H,8-9,11,16,18-19,21H2,1-7H3,(H,39,45)/b12-10-/t25-,26+,27-,29+,37-/m0/s1. The summed E-state index contributed by atoms with van der Waals surface area (Å²) in [6.07, 6.45) is 11.8. The smallest absolute Gasteiger partial charge is 0.224 e. The first kappa shape index (κ1) is 34.3. The quantitative estimate of drug-likeness (QED) is 0.142. The molecule has 5 atom stereocenters. The molecular formula is C37H49N5O5. The second-order valence-corrected chi connectivity index (χ2v) is 14.5. The molecule has 47 heavy (non-hydrogen) atoms. The Hall–Kier alpha value is -4.05. The highest BCUT2D eigenvalue weighted by molar-refractivity contribution is 5.90. The molecule has 2 saturated carbocycles. The maximum atomic E-state index is 13.6. The number of pyridine rings is 1. The zero-order valence-corrected chi connectivity index (χ0v) is 28.8. The average Bonchev–Trinajstić information content (AvgIpc) is 3.35. The lowest BCUT2D eigenvalue weighted by Gasteiger charge is -2.19. The van der Waals surface area contributed by atoms with Gasteiger partial charge in [-0.25, -0.2) is 9.67 Å². The summed E-state index contributed by atoms with van der Waals surface area (Å²) < 4.78 is 13.9. The predicted molar refractivity (Wildman–Crippen MR) is 182 cm³/mol. The van der Waals surface area contributed by atoms with E-state index in [1.807, 2.05) is 37.4 Å². The second-order valence-electron chi connectivity index (χ2n) is 14.5. The molecule has 2 fully saturated rings. The van der Waals surface area contributed by atoms with Crippen LogP contribution in [0.25, 0.3) is 16.7 Å². The molecule has 2 heterocycles. The SMILES string of the molecule is COc1ccc2c(O[C@H]3C[C@@H](C=O)[C@H](C(=O)N[C@]4(C=O)C[C@H]4/C=C\CCCCN(C)C)C3)cc(-n3ccc(C(C)(C)C)n3)nc2c1C. The van der Waals surface area contributed by atoms with Gasteiger partial charge in [-0.15, -0.1) is 0 Å². The lowest BCUT2D eigenvalue weighted by atomic mass is 9.93. The van der Waals surface area contributed by atoms with Crippen molar-refractivity contribution in [2.75, 3.05) is 27.7 Å². The molecule has 5 rings (SSSR count). The van der Waals surface area contributed by atoms with Gasteiger partial charge in [0.15, 0.2) is 5.82 Å². The molecule has 0 spiro atoms. The Balaban J connectivity index is 1.32. The third-order valence-electron chi connectivity index (χ3n) is 9.54. The molecule has 0 saturated heterocycles. The van der Waals surface area contributed by atoms with Crippen LogP contribution in [0.15, 0.2) is 42.6 Å². The highest BCUT2D eigenvalue weighted by atomic mass is 16.5. The number of benzene rings is 1. The van der Waals surface area contributed by atoms with Crippen LogP contribution in [0, 0.1) is 24.7 Å². The van der Waals surface area contributed by atoms with E-state index in [1.165, 1.54) is 0 Å². The molecule has 2 aromatic heterocycles. The molecule has 252 valence electrons. The summed E-state index contributed by atoms with van der Waals surface area (Å²) in [5.74, 6) is 0.518. The number of nitrogens with zero attached hydrogens (tertiary/aromatic N) is 4. The molecular weight excluding hydrogens is 594 g/mol. The van der Waals surface area contributed by atoms with Gasteiger partial charge in [0.2, 0.25) is 5.91 Å². The lowest BCUT2D eigenvalue weighted by molar-refractivity contribution is -0.131. The lowest BCUT2D eigenvalue weighted by Crippen LogP contribution is -2.44. The van der Waals surface area contributed by atoms with Gasteiger partial charge in [0.25, 0.3) is 0 Å². The number of unbranched alkanes of at least 4 members (excludes halogenated alkanes) is 2. The Kier molecular flexibility index (Phi) is 10.2. The van der Waals surface area contributed by atoms with Gasteiger partial charge in [-0.2, -0.15) is 5.10 Å². The minimum atomic E-state index is -0.897. The number of allylic oxidation sites excluding steroid dienone is 1. The number of carbonyl (C=O) groups excluding carboxylic acids is 3. The molecule has 2 aliphatic carbocycles. The van der Waals surface area contributed by atoms with Gasteiger partial charge in [0, 0.05) is 40.5 Å². The van der Waals surface area contributed by atoms with E-state index < -0.39 is 17.4 Å². The van der Waals surface area contributed by atoms with E-state index in [0.29, 0.717) is 36.6 Å². The molecule has 0 unspecified atom stereocenters. The first-order valence-corrected chi connectivity index (χ1v) is 16.7. The summed E-state index contributed by atoms with van der Waals surface area (Å²) in [6, 6.07) is 7.66. The second kappa shape index (κ2) is 14.0. The van der Waals surface area contributed by atoms with Crippen molar-refractivity contribution in [1.29, 1.82) is 0 Å². The molecule has 10 heteroatoms. The first-order valence-electron chi connectivity index (χ1n) is 16.7. The van der Waals surface area contributed by atoms with Gasteiger partial charge in [0.1, 0.15) is 35.7 Å². The number of ether oxygens (including phenoxy) is 2.